The second-order valence-corrected chi connectivity index (χ2v) is 5.87. The molecule has 2 atom stereocenters. The SMILES string of the molecule is C[C@H](NC(=O)c1cc(-c2ccccc2Cl)n[nH]1)[C@H]1CCCO1. The quantitative estimate of drug-likeness (QED) is 0.910. The molecule has 1 saturated heterocycles. The van der Waals surface area contributed by atoms with Crippen molar-refractivity contribution in [2.24, 2.45) is 0 Å². The minimum Gasteiger partial charge on any atom is -0.376 e. The van der Waals surface area contributed by atoms with E-state index in [1.807, 2.05) is 25.1 Å². The number of aromatic amines is 1. The molecule has 0 spiro atoms. The number of carbonyl (C=O) groups excluding carboxylic acids is 1. The summed E-state index contributed by atoms with van der Waals surface area (Å²) in [5, 5.41) is 10.5. The van der Waals surface area contributed by atoms with Gasteiger partial charge in [-0.1, -0.05) is 29.8 Å². The predicted octanol–water partition coefficient (Wildman–Crippen LogP) is 3.03. The van der Waals surface area contributed by atoms with E-state index in [1.165, 1.54) is 0 Å². The van der Waals surface area contributed by atoms with Gasteiger partial charge in [0.05, 0.1) is 22.9 Å². The summed E-state index contributed by atoms with van der Waals surface area (Å²) in [6.45, 7) is 2.73. The Hall–Kier alpha value is -1.85. The topological polar surface area (TPSA) is 67.0 Å². The smallest absolute Gasteiger partial charge is 0.269 e. The van der Waals surface area contributed by atoms with Gasteiger partial charge in [-0.25, -0.2) is 0 Å². The maximum absolute atomic E-state index is 12.3. The summed E-state index contributed by atoms with van der Waals surface area (Å²) >= 11 is 6.15. The van der Waals surface area contributed by atoms with Crippen molar-refractivity contribution < 1.29 is 9.53 Å². The Morgan fingerprint density at radius 2 is 2.32 bits per heavy atom. The third kappa shape index (κ3) is 3.15. The highest BCUT2D eigenvalue weighted by Crippen LogP contribution is 2.26. The van der Waals surface area contributed by atoms with Crippen LogP contribution in [-0.2, 0) is 4.74 Å². The fourth-order valence-electron chi connectivity index (χ4n) is 2.62. The van der Waals surface area contributed by atoms with Crippen molar-refractivity contribution in [1.82, 2.24) is 15.5 Å². The van der Waals surface area contributed by atoms with E-state index in [9.17, 15) is 4.79 Å². The van der Waals surface area contributed by atoms with Crippen LogP contribution in [0.25, 0.3) is 11.3 Å². The molecule has 0 aliphatic carbocycles. The van der Waals surface area contributed by atoms with Gasteiger partial charge in [0.25, 0.3) is 5.91 Å². The molecular weight excluding hydrogens is 302 g/mol. The highest BCUT2D eigenvalue weighted by Gasteiger charge is 2.24. The maximum atomic E-state index is 12.3. The van der Waals surface area contributed by atoms with Crippen LogP contribution in [0.3, 0.4) is 0 Å². The van der Waals surface area contributed by atoms with Crippen LogP contribution in [0.15, 0.2) is 30.3 Å². The van der Waals surface area contributed by atoms with Crippen molar-refractivity contribution in [2.45, 2.75) is 31.9 Å². The van der Waals surface area contributed by atoms with Crippen molar-refractivity contribution in [3.63, 3.8) is 0 Å². The van der Waals surface area contributed by atoms with Gasteiger partial charge in [0.15, 0.2) is 0 Å². The summed E-state index contributed by atoms with van der Waals surface area (Å²) in [6, 6.07) is 9.09. The number of amides is 1. The standard InChI is InChI=1S/C16H18ClN3O2/c1-10(15-7-4-8-22-15)18-16(21)14-9-13(19-20-14)11-5-2-3-6-12(11)17/h2-3,5-6,9-10,15H,4,7-8H2,1H3,(H,18,21)(H,19,20)/t10-,15+/m0/s1. The minimum absolute atomic E-state index is 0.0259. The summed E-state index contributed by atoms with van der Waals surface area (Å²) in [5.41, 5.74) is 1.87. The third-order valence-electron chi connectivity index (χ3n) is 3.85. The molecule has 3 rings (SSSR count). The van der Waals surface area contributed by atoms with Gasteiger partial charge in [0.2, 0.25) is 0 Å². The van der Waals surface area contributed by atoms with Crippen LogP contribution in [0.1, 0.15) is 30.3 Å². The fourth-order valence-corrected chi connectivity index (χ4v) is 2.85. The van der Waals surface area contributed by atoms with Crippen molar-refractivity contribution in [1.29, 1.82) is 0 Å². The number of rotatable bonds is 4. The number of aromatic nitrogens is 2. The second kappa shape index (κ2) is 6.50. The first-order valence-corrected chi connectivity index (χ1v) is 7.75. The Bertz CT molecular complexity index is 665. The zero-order chi connectivity index (χ0) is 15.5. The molecule has 1 aromatic heterocycles. The summed E-state index contributed by atoms with van der Waals surface area (Å²) in [5.74, 6) is -0.186. The molecule has 2 aromatic rings. The van der Waals surface area contributed by atoms with Crippen molar-refractivity contribution in [2.75, 3.05) is 6.61 Å². The molecule has 1 aliphatic heterocycles. The molecule has 2 heterocycles. The molecule has 6 heteroatoms. The van der Waals surface area contributed by atoms with Crippen LogP contribution in [0, 0.1) is 0 Å². The number of halogens is 1. The van der Waals surface area contributed by atoms with Gasteiger partial charge >= 0.3 is 0 Å². The van der Waals surface area contributed by atoms with Gasteiger partial charge in [-0.3, -0.25) is 9.89 Å². The highest BCUT2D eigenvalue weighted by molar-refractivity contribution is 6.33. The minimum atomic E-state index is -0.186. The van der Waals surface area contributed by atoms with Crippen LogP contribution < -0.4 is 5.32 Å². The van der Waals surface area contributed by atoms with E-state index >= 15 is 0 Å². The van der Waals surface area contributed by atoms with Crippen molar-refractivity contribution in [3.8, 4) is 11.3 Å². The summed E-state index contributed by atoms with van der Waals surface area (Å²) in [4.78, 5) is 12.3. The Morgan fingerprint density at radius 1 is 1.50 bits per heavy atom. The number of hydrogen-bond donors (Lipinski definition) is 2. The number of nitrogens with one attached hydrogen (secondary N) is 2. The maximum Gasteiger partial charge on any atom is 0.269 e. The largest absolute Gasteiger partial charge is 0.376 e. The Morgan fingerprint density at radius 3 is 3.05 bits per heavy atom. The molecule has 0 saturated carbocycles. The van der Waals surface area contributed by atoms with Crippen LogP contribution >= 0.6 is 11.6 Å². The molecule has 1 aromatic carbocycles. The lowest BCUT2D eigenvalue weighted by atomic mass is 10.1. The summed E-state index contributed by atoms with van der Waals surface area (Å²) in [7, 11) is 0. The van der Waals surface area contributed by atoms with Crippen LogP contribution in [0.5, 0.6) is 0 Å². The number of carbonyl (C=O) groups is 1. The van der Waals surface area contributed by atoms with Gasteiger partial charge in [0.1, 0.15) is 5.69 Å². The molecule has 0 bridgehead atoms. The Labute approximate surface area is 134 Å². The number of benzene rings is 1. The normalized spacial score (nSPS) is 19.1. The molecule has 22 heavy (non-hydrogen) atoms. The van der Waals surface area contributed by atoms with E-state index in [0.29, 0.717) is 16.4 Å². The van der Waals surface area contributed by atoms with E-state index in [4.69, 9.17) is 16.3 Å². The van der Waals surface area contributed by atoms with Gasteiger partial charge in [0, 0.05) is 12.2 Å². The summed E-state index contributed by atoms with van der Waals surface area (Å²) in [6.07, 6.45) is 2.12. The van der Waals surface area contributed by atoms with Gasteiger partial charge in [-0.15, -0.1) is 0 Å². The Kier molecular flexibility index (Phi) is 4.45. The van der Waals surface area contributed by atoms with Crippen molar-refractivity contribution >= 4 is 17.5 Å². The molecule has 5 nitrogen and oxygen atoms in total. The highest BCUT2D eigenvalue weighted by atomic mass is 35.5. The van der Waals surface area contributed by atoms with E-state index in [2.05, 4.69) is 15.5 Å². The Balaban J connectivity index is 1.70. The third-order valence-corrected chi connectivity index (χ3v) is 4.18. The van der Waals surface area contributed by atoms with E-state index < -0.39 is 0 Å². The zero-order valence-corrected chi connectivity index (χ0v) is 13.1. The molecule has 1 aliphatic rings. The number of hydrogen-bond acceptors (Lipinski definition) is 3. The molecule has 116 valence electrons. The first-order valence-electron chi connectivity index (χ1n) is 7.38. The van der Waals surface area contributed by atoms with E-state index in [0.717, 1.165) is 25.0 Å². The molecule has 0 unspecified atom stereocenters. The lowest BCUT2D eigenvalue weighted by Gasteiger charge is -2.19. The number of H-pyrrole nitrogens is 1. The fraction of sp³-hybridized carbons (Fsp3) is 0.375. The lowest BCUT2D eigenvalue weighted by Crippen LogP contribution is -2.40. The average Bonchev–Trinajstić information content (AvgIpc) is 3.19. The molecule has 0 radical (unpaired) electrons. The van der Waals surface area contributed by atoms with Gasteiger partial charge in [-0.2, -0.15) is 5.10 Å². The zero-order valence-electron chi connectivity index (χ0n) is 12.3. The van der Waals surface area contributed by atoms with Gasteiger partial charge in [-0.05, 0) is 31.9 Å². The second-order valence-electron chi connectivity index (χ2n) is 5.46. The van der Waals surface area contributed by atoms with E-state index in [-0.39, 0.29) is 18.1 Å². The molecule has 1 fully saturated rings. The molecule has 1 amide bonds. The lowest BCUT2D eigenvalue weighted by molar-refractivity contribution is 0.0709. The average molecular weight is 320 g/mol. The first-order chi connectivity index (χ1) is 10.6. The summed E-state index contributed by atoms with van der Waals surface area (Å²) < 4.78 is 5.58. The number of nitrogens with zero attached hydrogens (tertiary/aromatic N) is 1. The predicted molar refractivity (Wildman–Crippen MR) is 84.9 cm³/mol. The van der Waals surface area contributed by atoms with Crippen LogP contribution in [0.2, 0.25) is 5.02 Å². The van der Waals surface area contributed by atoms with Gasteiger partial charge < -0.3 is 10.1 Å². The van der Waals surface area contributed by atoms with E-state index in [1.54, 1.807) is 12.1 Å². The monoisotopic (exact) mass is 319 g/mol. The first kappa shape index (κ1) is 15.1. The molecule has 2 N–H and O–H groups in total. The van der Waals surface area contributed by atoms with Crippen LogP contribution in [0.4, 0.5) is 0 Å². The van der Waals surface area contributed by atoms with Crippen molar-refractivity contribution in [3.05, 3.63) is 41.0 Å². The van der Waals surface area contributed by atoms with Crippen LogP contribution in [-0.4, -0.2) is 34.9 Å². The molecular formula is C16H18ClN3O2. The number of ether oxygens (including phenoxy) is 1.